The Morgan fingerprint density at radius 2 is 1.79 bits per heavy atom. The Kier molecular flexibility index (Phi) is 5.84. The van der Waals surface area contributed by atoms with Gasteiger partial charge in [-0.15, -0.1) is 0 Å². The smallest absolute Gasteiger partial charge is 0.253 e. The number of benzene rings is 1. The number of aryl methyl sites for hydroxylation is 1. The number of hydrogen-bond donors (Lipinski definition) is 0. The minimum Gasteiger partial charge on any atom is -0.336 e. The molecule has 1 aliphatic rings. The second kappa shape index (κ2) is 7.85. The van der Waals surface area contributed by atoms with Gasteiger partial charge in [-0.3, -0.25) is 9.48 Å². The minimum atomic E-state index is -3.67. The maximum Gasteiger partial charge on any atom is 0.253 e. The standard InChI is InChI=1S/C19H25ClN4O3S/c1-13(2)24-15(4)18(14(3)21-24)28(26,27)23-10-8-22(9-11-23)19(25)16-6-5-7-17(20)12-16/h5-7,12-13H,8-11H2,1-4H3. The summed E-state index contributed by atoms with van der Waals surface area (Å²) in [6.45, 7) is 8.61. The average Bonchev–Trinajstić information content (AvgIpc) is 2.96. The molecule has 2 heterocycles. The Morgan fingerprint density at radius 3 is 2.32 bits per heavy atom. The van der Waals surface area contributed by atoms with Gasteiger partial charge in [-0.2, -0.15) is 9.40 Å². The van der Waals surface area contributed by atoms with Gasteiger partial charge in [0.1, 0.15) is 4.90 Å². The van der Waals surface area contributed by atoms with Gasteiger partial charge in [0.2, 0.25) is 10.0 Å². The summed E-state index contributed by atoms with van der Waals surface area (Å²) in [5.74, 6) is -0.139. The summed E-state index contributed by atoms with van der Waals surface area (Å²) in [5, 5.41) is 4.90. The van der Waals surface area contributed by atoms with Gasteiger partial charge in [0.15, 0.2) is 0 Å². The maximum absolute atomic E-state index is 13.2. The van der Waals surface area contributed by atoms with E-state index in [4.69, 9.17) is 11.6 Å². The van der Waals surface area contributed by atoms with Gasteiger partial charge in [0.25, 0.3) is 5.91 Å². The van der Waals surface area contributed by atoms with Crippen LogP contribution in [0.2, 0.25) is 5.02 Å². The molecule has 0 bridgehead atoms. The van der Waals surface area contributed by atoms with Gasteiger partial charge < -0.3 is 4.90 Å². The van der Waals surface area contributed by atoms with Crippen LogP contribution in [0.15, 0.2) is 29.2 Å². The lowest BCUT2D eigenvalue weighted by Gasteiger charge is -2.34. The van der Waals surface area contributed by atoms with Gasteiger partial charge in [-0.25, -0.2) is 8.42 Å². The number of nitrogens with zero attached hydrogens (tertiary/aromatic N) is 4. The van der Waals surface area contributed by atoms with E-state index in [1.54, 1.807) is 47.7 Å². The highest BCUT2D eigenvalue weighted by atomic mass is 35.5. The zero-order valence-electron chi connectivity index (χ0n) is 16.5. The fourth-order valence-electron chi connectivity index (χ4n) is 3.59. The lowest BCUT2D eigenvalue weighted by Crippen LogP contribution is -2.50. The van der Waals surface area contributed by atoms with Crippen molar-refractivity contribution < 1.29 is 13.2 Å². The third-order valence-corrected chi connectivity index (χ3v) is 7.33. The lowest BCUT2D eigenvalue weighted by molar-refractivity contribution is 0.0698. The first-order valence-electron chi connectivity index (χ1n) is 9.23. The van der Waals surface area contributed by atoms with Crippen LogP contribution in [0, 0.1) is 13.8 Å². The predicted molar refractivity (Wildman–Crippen MR) is 108 cm³/mol. The predicted octanol–water partition coefficient (Wildman–Crippen LogP) is 2.88. The number of carbonyl (C=O) groups excluding carboxylic acids is 1. The molecule has 152 valence electrons. The van der Waals surface area contributed by atoms with Gasteiger partial charge in [0, 0.05) is 42.8 Å². The third kappa shape index (κ3) is 3.81. The van der Waals surface area contributed by atoms with Crippen LogP contribution in [0.25, 0.3) is 0 Å². The molecule has 3 rings (SSSR count). The van der Waals surface area contributed by atoms with Crippen molar-refractivity contribution in [3.63, 3.8) is 0 Å². The highest BCUT2D eigenvalue weighted by molar-refractivity contribution is 7.89. The Labute approximate surface area is 170 Å². The van der Waals surface area contributed by atoms with Crippen molar-refractivity contribution >= 4 is 27.5 Å². The van der Waals surface area contributed by atoms with Crippen LogP contribution < -0.4 is 0 Å². The van der Waals surface area contributed by atoms with Crippen LogP contribution in [-0.4, -0.2) is 59.5 Å². The van der Waals surface area contributed by atoms with Gasteiger partial charge in [-0.05, 0) is 45.9 Å². The molecule has 1 aromatic heterocycles. The highest BCUT2D eigenvalue weighted by Crippen LogP contribution is 2.26. The summed E-state index contributed by atoms with van der Waals surface area (Å²) < 4.78 is 29.6. The normalized spacial score (nSPS) is 16.0. The molecule has 1 amide bonds. The zero-order valence-corrected chi connectivity index (χ0v) is 18.1. The number of piperazine rings is 1. The van der Waals surface area contributed by atoms with E-state index in [1.165, 1.54) is 4.31 Å². The highest BCUT2D eigenvalue weighted by Gasteiger charge is 2.34. The molecule has 0 unspecified atom stereocenters. The first-order chi connectivity index (χ1) is 13.1. The summed E-state index contributed by atoms with van der Waals surface area (Å²) >= 11 is 5.97. The second-order valence-corrected chi connectivity index (χ2v) is 9.56. The van der Waals surface area contributed by atoms with Gasteiger partial charge >= 0.3 is 0 Å². The lowest BCUT2D eigenvalue weighted by atomic mass is 10.2. The average molecular weight is 425 g/mol. The molecule has 0 atom stereocenters. The van der Waals surface area contributed by atoms with Crippen LogP contribution in [0.5, 0.6) is 0 Å². The van der Waals surface area contributed by atoms with E-state index in [2.05, 4.69) is 5.10 Å². The quantitative estimate of drug-likeness (QED) is 0.756. The van der Waals surface area contributed by atoms with E-state index in [0.29, 0.717) is 35.1 Å². The number of halogens is 1. The zero-order chi connectivity index (χ0) is 20.6. The molecule has 0 aliphatic carbocycles. The topological polar surface area (TPSA) is 75.5 Å². The third-order valence-electron chi connectivity index (χ3n) is 4.94. The molecule has 1 aromatic carbocycles. The van der Waals surface area contributed by atoms with Crippen LogP contribution in [0.3, 0.4) is 0 Å². The maximum atomic E-state index is 13.2. The van der Waals surface area contributed by atoms with E-state index in [-0.39, 0.29) is 29.9 Å². The van der Waals surface area contributed by atoms with Crippen molar-refractivity contribution in [1.29, 1.82) is 0 Å². The summed E-state index contributed by atoms with van der Waals surface area (Å²) in [4.78, 5) is 14.6. The van der Waals surface area contributed by atoms with Crippen molar-refractivity contribution in [1.82, 2.24) is 19.0 Å². The van der Waals surface area contributed by atoms with Crippen LogP contribution in [-0.2, 0) is 10.0 Å². The van der Waals surface area contributed by atoms with Crippen molar-refractivity contribution in [2.24, 2.45) is 0 Å². The monoisotopic (exact) mass is 424 g/mol. The molecule has 1 aliphatic heterocycles. The number of rotatable bonds is 4. The first-order valence-corrected chi connectivity index (χ1v) is 11.1. The van der Waals surface area contributed by atoms with Crippen molar-refractivity contribution in [3.8, 4) is 0 Å². The van der Waals surface area contributed by atoms with Crippen LogP contribution in [0.4, 0.5) is 0 Å². The number of amides is 1. The fraction of sp³-hybridized carbons (Fsp3) is 0.474. The fourth-order valence-corrected chi connectivity index (χ4v) is 5.56. The number of aromatic nitrogens is 2. The number of sulfonamides is 1. The first kappa shape index (κ1) is 20.8. The molecule has 9 heteroatoms. The Hall–Kier alpha value is -1.90. The molecular formula is C19H25ClN4O3S. The molecule has 0 N–H and O–H groups in total. The largest absolute Gasteiger partial charge is 0.336 e. The molecular weight excluding hydrogens is 400 g/mol. The Morgan fingerprint density at radius 1 is 1.14 bits per heavy atom. The van der Waals surface area contributed by atoms with Crippen molar-refractivity contribution in [2.45, 2.75) is 38.6 Å². The van der Waals surface area contributed by atoms with Crippen LogP contribution in [0.1, 0.15) is 41.6 Å². The summed E-state index contributed by atoms with van der Waals surface area (Å²) in [7, 11) is -3.67. The Balaban J connectivity index is 1.77. The van der Waals surface area contributed by atoms with Crippen molar-refractivity contribution in [2.75, 3.05) is 26.2 Å². The van der Waals surface area contributed by atoms with Gasteiger partial charge in [0.05, 0.1) is 11.4 Å². The summed E-state index contributed by atoms with van der Waals surface area (Å²) in [6, 6.07) is 6.86. The van der Waals surface area contributed by atoms with Crippen LogP contribution >= 0.6 is 11.6 Å². The summed E-state index contributed by atoms with van der Waals surface area (Å²) in [6.07, 6.45) is 0. The Bertz CT molecular complexity index is 993. The molecule has 0 radical (unpaired) electrons. The van der Waals surface area contributed by atoms with Crippen molar-refractivity contribution in [3.05, 3.63) is 46.2 Å². The number of hydrogen-bond acceptors (Lipinski definition) is 4. The SMILES string of the molecule is Cc1nn(C(C)C)c(C)c1S(=O)(=O)N1CCN(C(=O)c2cccc(Cl)c2)CC1. The molecule has 7 nitrogen and oxygen atoms in total. The molecule has 2 aromatic rings. The van der Waals surface area contributed by atoms with E-state index in [1.807, 2.05) is 13.8 Å². The number of carbonyl (C=O) groups is 1. The minimum absolute atomic E-state index is 0.0785. The van der Waals surface area contributed by atoms with E-state index < -0.39 is 10.0 Å². The molecule has 0 saturated carbocycles. The molecule has 1 saturated heterocycles. The molecule has 1 fully saturated rings. The van der Waals surface area contributed by atoms with E-state index >= 15 is 0 Å². The second-order valence-electron chi connectivity index (χ2n) is 7.24. The molecule has 0 spiro atoms. The van der Waals surface area contributed by atoms with E-state index in [0.717, 1.165) is 0 Å². The van der Waals surface area contributed by atoms with Gasteiger partial charge in [-0.1, -0.05) is 17.7 Å². The van der Waals surface area contributed by atoms with E-state index in [9.17, 15) is 13.2 Å². The summed E-state index contributed by atoms with van der Waals surface area (Å²) in [5.41, 5.74) is 1.65. The molecule has 28 heavy (non-hydrogen) atoms.